The maximum absolute atomic E-state index is 14.2. The number of fused-ring (bicyclic) bond motifs is 3. The molecule has 0 aliphatic carbocycles. The molecule has 112 valence electrons. The molecule has 0 bridgehead atoms. The number of aliphatic hydroxyl groups excluding tert-OH is 1. The molecular weight excluding hydrogens is 273 g/mol. The molecule has 1 aromatic heterocycles. The lowest BCUT2D eigenvalue weighted by atomic mass is 9.91. The lowest BCUT2D eigenvalue weighted by Gasteiger charge is -2.23. The number of hydrogen-bond acceptors (Lipinski definition) is 2. The van der Waals surface area contributed by atoms with Gasteiger partial charge in [-0.15, -0.1) is 0 Å². The Labute approximate surface area is 121 Å². The first-order valence-electron chi connectivity index (χ1n) is 7.25. The summed E-state index contributed by atoms with van der Waals surface area (Å²) < 4.78 is 16.0. The number of carbonyl (C=O) groups is 1. The topological polar surface area (TPSA) is 62.5 Å². The van der Waals surface area contributed by atoms with Crippen molar-refractivity contribution in [3.8, 4) is 0 Å². The van der Waals surface area contributed by atoms with E-state index in [4.69, 9.17) is 0 Å². The maximum atomic E-state index is 14.2. The van der Waals surface area contributed by atoms with Crippen molar-refractivity contribution >= 4 is 16.9 Å². The van der Waals surface area contributed by atoms with Crippen LogP contribution in [0.4, 0.5) is 4.39 Å². The highest BCUT2D eigenvalue weighted by Crippen LogP contribution is 2.38. The number of aromatic nitrogens is 1. The van der Waals surface area contributed by atoms with E-state index in [1.807, 2.05) is 6.92 Å². The molecule has 2 N–H and O–H groups in total. The van der Waals surface area contributed by atoms with Gasteiger partial charge in [-0.3, -0.25) is 4.79 Å². The van der Waals surface area contributed by atoms with Gasteiger partial charge in [0, 0.05) is 17.6 Å². The molecule has 0 fully saturated rings. The molecule has 2 heterocycles. The van der Waals surface area contributed by atoms with E-state index in [0.717, 1.165) is 5.69 Å². The first-order chi connectivity index (χ1) is 10.0. The van der Waals surface area contributed by atoms with Crippen molar-refractivity contribution in [2.75, 3.05) is 0 Å². The van der Waals surface area contributed by atoms with Crippen LogP contribution in [0.25, 0.3) is 10.9 Å². The molecule has 0 saturated heterocycles. The fraction of sp³-hybridized carbons (Fsp3) is 0.438. The number of carboxylic acids is 1. The van der Waals surface area contributed by atoms with Crippen LogP contribution in [0, 0.1) is 5.82 Å². The van der Waals surface area contributed by atoms with Crippen molar-refractivity contribution in [2.45, 2.75) is 44.8 Å². The normalized spacial score (nSPS) is 19.5. The van der Waals surface area contributed by atoms with Gasteiger partial charge >= 0.3 is 5.97 Å². The second-order valence-electron chi connectivity index (χ2n) is 5.60. The molecule has 3 rings (SSSR count). The van der Waals surface area contributed by atoms with E-state index in [1.165, 1.54) is 6.07 Å². The molecule has 5 heteroatoms. The van der Waals surface area contributed by atoms with Crippen molar-refractivity contribution in [3.63, 3.8) is 0 Å². The van der Waals surface area contributed by atoms with Crippen LogP contribution < -0.4 is 0 Å². The predicted molar refractivity (Wildman–Crippen MR) is 76.9 cm³/mol. The Hall–Kier alpha value is -1.88. The van der Waals surface area contributed by atoms with Crippen LogP contribution in [0.3, 0.4) is 0 Å². The summed E-state index contributed by atoms with van der Waals surface area (Å²) in [5.74, 6) is -1.89. The van der Waals surface area contributed by atoms with Gasteiger partial charge in [-0.2, -0.15) is 0 Å². The van der Waals surface area contributed by atoms with Crippen LogP contribution in [-0.4, -0.2) is 26.9 Å². The number of nitrogens with zero attached hydrogens (tertiary/aromatic N) is 1. The van der Waals surface area contributed by atoms with Crippen molar-refractivity contribution in [2.24, 2.45) is 0 Å². The summed E-state index contributed by atoms with van der Waals surface area (Å²) in [6, 6.07) is 4.76. The summed E-state index contributed by atoms with van der Waals surface area (Å²) in [6.45, 7) is 2.15. The second-order valence-corrected chi connectivity index (χ2v) is 5.60. The Morgan fingerprint density at radius 1 is 1.52 bits per heavy atom. The van der Waals surface area contributed by atoms with E-state index in [0.29, 0.717) is 42.3 Å². The van der Waals surface area contributed by atoms with Crippen molar-refractivity contribution in [1.29, 1.82) is 0 Å². The Morgan fingerprint density at radius 2 is 2.29 bits per heavy atom. The lowest BCUT2D eigenvalue weighted by Crippen LogP contribution is -2.25. The molecule has 1 unspecified atom stereocenters. The zero-order chi connectivity index (χ0) is 15.1. The highest BCUT2D eigenvalue weighted by atomic mass is 19.1. The van der Waals surface area contributed by atoms with Crippen molar-refractivity contribution in [1.82, 2.24) is 4.57 Å². The van der Waals surface area contributed by atoms with Crippen LogP contribution in [-0.2, 0) is 17.8 Å². The van der Waals surface area contributed by atoms with E-state index < -0.39 is 18.0 Å². The van der Waals surface area contributed by atoms with E-state index in [-0.39, 0.29) is 5.82 Å². The van der Waals surface area contributed by atoms with E-state index >= 15 is 0 Å². The first-order valence-corrected chi connectivity index (χ1v) is 7.25. The van der Waals surface area contributed by atoms with Gasteiger partial charge in [0.15, 0.2) is 0 Å². The first kappa shape index (κ1) is 14.1. The third-order valence-corrected chi connectivity index (χ3v) is 4.35. The standard InChI is InChI=1S/C16H18FNO3/c1-2-10(16(20)21)14-11-4-3-5-12(17)15(11)18-8-9(19)6-7-13(14)18/h3-5,9-10,19H,2,6-8H2,1H3,(H,20,21)/t9-,10?/m0/s1. The molecule has 1 aromatic carbocycles. The highest BCUT2D eigenvalue weighted by Gasteiger charge is 2.31. The summed E-state index contributed by atoms with van der Waals surface area (Å²) in [5.41, 5.74) is 1.99. The molecule has 4 nitrogen and oxygen atoms in total. The number of para-hydroxylation sites is 1. The summed E-state index contributed by atoms with van der Waals surface area (Å²) in [7, 11) is 0. The molecule has 2 aromatic rings. The van der Waals surface area contributed by atoms with Gasteiger partial charge in [0.1, 0.15) is 5.82 Å². The maximum Gasteiger partial charge on any atom is 0.311 e. The van der Waals surface area contributed by atoms with Gasteiger partial charge in [-0.05, 0) is 30.9 Å². The average Bonchev–Trinajstić information content (AvgIpc) is 2.75. The SMILES string of the molecule is CCC(C(=O)O)c1c2n(c3c(F)cccc13)C[C@@H](O)CC2. The highest BCUT2D eigenvalue weighted by molar-refractivity contribution is 5.91. The van der Waals surface area contributed by atoms with Crippen molar-refractivity contribution in [3.05, 3.63) is 35.3 Å². The molecule has 0 amide bonds. The van der Waals surface area contributed by atoms with Gasteiger partial charge in [0.2, 0.25) is 0 Å². The van der Waals surface area contributed by atoms with E-state index in [2.05, 4.69) is 0 Å². The Bertz CT molecular complexity index is 707. The number of carboxylic acid groups (broad SMARTS) is 1. The fourth-order valence-corrected chi connectivity index (χ4v) is 3.41. The zero-order valence-corrected chi connectivity index (χ0v) is 11.8. The number of aliphatic carboxylic acids is 1. The summed E-state index contributed by atoms with van der Waals surface area (Å²) in [5, 5.41) is 20.0. The molecule has 2 atom stereocenters. The van der Waals surface area contributed by atoms with E-state index in [1.54, 1.807) is 16.7 Å². The molecule has 1 aliphatic rings. The van der Waals surface area contributed by atoms with Gasteiger partial charge in [-0.1, -0.05) is 19.1 Å². The zero-order valence-electron chi connectivity index (χ0n) is 11.8. The van der Waals surface area contributed by atoms with Gasteiger partial charge in [0.25, 0.3) is 0 Å². The Kier molecular flexibility index (Phi) is 3.45. The Morgan fingerprint density at radius 3 is 2.95 bits per heavy atom. The Balaban J connectivity index is 2.34. The summed E-state index contributed by atoms with van der Waals surface area (Å²) >= 11 is 0. The van der Waals surface area contributed by atoms with Crippen LogP contribution in [0.5, 0.6) is 0 Å². The van der Waals surface area contributed by atoms with Gasteiger partial charge < -0.3 is 14.8 Å². The van der Waals surface area contributed by atoms with E-state index in [9.17, 15) is 19.4 Å². The number of rotatable bonds is 3. The lowest BCUT2D eigenvalue weighted by molar-refractivity contribution is -0.138. The van der Waals surface area contributed by atoms with Crippen LogP contribution in [0.2, 0.25) is 0 Å². The summed E-state index contributed by atoms with van der Waals surface area (Å²) in [4.78, 5) is 11.6. The largest absolute Gasteiger partial charge is 0.481 e. The minimum absolute atomic E-state index is 0.322. The van der Waals surface area contributed by atoms with Crippen molar-refractivity contribution < 1.29 is 19.4 Å². The number of aliphatic hydroxyl groups is 1. The number of halogens is 1. The monoisotopic (exact) mass is 291 g/mol. The third-order valence-electron chi connectivity index (χ3n) is 4.35. The van der Waals surface area contributed by atoms with Crippen LogP contribution in [0.15, 0.2) is 18.2 Å². The smallest absolute Gasteiger partial charge is 0.311 e. The fourth-order valence-electron chi connectivity index (χ4n) is 3.41. The quantitative estimate of drug-likeness (QED) is 0.914. The predicted octanol–water partition coefficient (Wildman–Crippen LogP) is 2.67. The number of benzene rings is 1. The molecular formula is C16H18FNO3. The third kappa shape index (κ3) is 2.12. The molecule has 0 radical (unpaired) electrons. The van der Waals surface area contributed by atoms with Crippen LogP contribution >= 0.6 is 0 Å². The number of hydrogen-bond donors (Lipinski definition) is 2. The molecule has 0 saturated carbocycles. The molecule has 1 aliphatic heterocycles. The molecule has 21 heavy (non-hydrogen) atoms. The van der Waals surface area contributed by atoms with Crippen LogP contribution in [0.1, 0.15) is 36.9 Å². The second kappa shape index (κ2) is 5.15. The minimum atomic E-state index is -0.886. The molecule has 0 spiro atoms. The average molecular weight is 291 g/mol. The minimum Gasteiger partial charge on any atom is -0.481 e. The van der Waals surface area contributed by atoms with Gasteiger partial charge in [0.05, 0.1) is 17.5 Å². The van der Waals surface area contributed by atoms with Gasteiger partial charge in [-0.25, -0.2) is 4.39 Å². The summed E-state index contributed by atoms with van der Waals surface area (Å²) in [6.07, 6.45) is 1.11.